The van der Waals surface area contributed by atoms with Crippen molar-refractivity contribution in [2.45, 2.75) is 19.1 Å². The first-order chi connectivity index (χ1) is 9.25. The van der Waals surface area contributed by atoms with Crippen LogP contribution in [0.15, 0.2) is 29.1 Å². The zero-order valence-corrected chi connectivity index (χ0v) is 10.9. The molecule has 1 aliphatic heterocycles. The molecule has 1 fully saturated rings. The largest absolute Gasteiger partial charge is 0.315 e. The fraction of sp³-hybridized carbons (Fsp3) is 0.462. The van der Waals surface area contributed by atoms with Crippen molar-refractivity contribution in [1.29, 1.82) is 0 Å². The average molecular weight is 259 g/mol. The molecule has 0 radical (unpaired) electrons. The van der Waals surface area contributed by atoms with E-state index in [4.69, 9.17) is 0 Å². The summed E-state index contributed by atoms with van der Waals surface area (Å²) in [7, 11) is 2.01. The fourth-order valence-corrected chi connectivity index (χ4v) is 2.46. The van der Waals surface area contributed by atoms with Crippen LogP contribution in [0.2, 0.25) is 0 Å². The fourth-order valence-electron chi connectivity index (χ4n) is 2.46. The number of hydrogen-bond donors (Lipinski definition) is 1. The van der Waals surface area contributed by atoms with Gasteiger partial charge in [0.15, 0.2) is 0 Å². The number of nitrogens with zero attached hydrogens (tertiary/aromatic N) is 4. The second-order valence-corrected chi connectivity index (χ2v) is 4.96. The number of benzene rings is 1. The van der Waals surface area contributed by atoms with Gasteiger partial charge in [-0.15, -0.1) is 5.10 Å². The Balaban J connectivity index is 1.88. The molecule has 2 aromatic rings. The first-order valence-corrected chi connectivity index (χ1v) is 6.49. The van der Waals surface area contributed by atoms with Crippen LogP contribution < -0.4 is 10.9 Å². The zero-order valence-electron chi connectivity index (χ0n) is 10.9. The van der Waals surface area contributed by atoms with Crippen LogP contribution in [0.25, 0.3) is 10.9 Å². The molecule has 100 valence electrons. The molecule has 1 aromatic heterocycles. The van der Waals surface area contributed by atoms with Crippen molar-refractivity contribution >= 4 is 10.9 Å². The summed E-state index contributed by atoms with van der Waals surface area (Å²) in [4.78, 5) is 14.4. The van der Waals surface area contributed by atoms with E-state index < -0.39 is 0 Å². The molecule has 1 atom stereocenters. The van der Waals surface area contributed by atoms with Gasteiger partial charge in [0.25, 0.3) is 5.56 Å². The van der Waals surface area contributed by atoms with E-state index in [9.17, 15) is 4.79 Å². The minimum atomic E-state index is -0.0802. The maximum atomic E-state index is 12.3. The zero-order chi connectivity index (χ0) is 13.2. The lowest BCUT2D eigenvalue weighted by molar-refractivity contribution is 0.187. The third kappa shape index (κ3) is 2.36. The number of rotatable bonds is 3. The summed E-state index contributed by atoms with van der Waals surface area (Å²) >= 11 is 0. The lowest BCUT2D eigenvalue weighted by atomic mass is 10.2. The SMILES string of the molecule is CN(Cn1nnc2ccccc2c1=O)C1CCNC1. The minimum Gasteiger partial charge on any atom is -0.315 e. The van der Waals surface area contributed by atoms with Crippen LogP contribution in [-0.4, -0.2) is 46.1 Å². The maximum Gasteiger partial charge on any atom is 0.278 e. The van der Waals surface area contributed by atoms with Gasteiger partial charge in [0.2, 0.25) is 0 Å². The molecule has 6 heteroatoms. The van der Waals surface area contributed by atoms with Crippen molar-refractivity contribution < 1.29 is 0 Å². The summed E-state index contributed by atoms with van der Waals surface area (Å²) in [6.45, 7) is 2.47. The van der Waals surface area contributed by atoms with Crippen molar-refractivity contribution in [3.05, 3.63) is 34.6 Å². The molecule has 0 amide bonds. The van der Waals surface area contributed by atoms with E-state index in [0.29, 0.717) is 23.6 Å². The number of nitrogens with one attached hydrogen (secondary N) is 1. The van der Waals surface area contributed by atoms with E-state index in [1.807, 2.05) is 19.2 Å². The van der Waals surface area contributed by atoms with E-state index in [1.165, 1.54) is 4.68 Å². The molecule has 1 N–H and O–H groups in total. The number of hydrogen-bond acceptors (Lipinski definition) is 5. The molecule has 0 bridgehead atoms. The molecule has 0 saturated carbocycles. The van der Waals surface area contributed by atoms with Crippen molar-refractivity contribution in [3.63, 3.8) is 0 Å². The molecule has 1 aliphatic rings. The van der Waals surface area contributed by atoms with Gasteiger partial charge in [-0.2, -0.15) is 4.68 Å². The maximum absolute atomic E-state index is 12.3. The topological polar surface area (TPSA) is 63.1 Å². The first kappa shape index (κ1) is 12.3. The Kier molecular flexibility index (Phi) is 3.27. The molecular weight excluding hydrogens is 242 g/mol. The molecule has 19 heavy (non-hydrogen) atoms. The van der Waals surface area contributed by atoms with Crippen LogP contribution in [-0.2, 0) is 6.67 Å². The van der Waals surface area contributed by atoms with E-state index in [-0.39, 0.29) is 5.56 Å². The molecule has 2 heterocycles. The lowest BCUT2D eigenvalue weighted by Gasteiger charge is -2.23. The normalized spacial score (nSPS) is 19.4. The van der Waals surface area contributed by atoms with Crippen molar-refractivity contribution in [2.75, 3.05) is 20.1 Å². The summed E-state index contributed by atoms with van der Waals surface area (Å²) in [5.41, 5.74) is 0.567. The molecule has 3 rings (SSSR count). The van der Waals surface area contributed by atoms with Crippen LogP contribution in [0.1, 0.15) is 6.42 Å². The third-order valence-electron chi connectivity index (χ3n) is 3.64. The Morgan fingerprint density at radius 2 is 2.32 bits per heavy atom. The van der Waals surface area contributed by atoms with E-state index >= 15 is 0 Å². The third-order valence-corrected chi connectivity index (χ3v) is 3.64. The van der Waals surface area contributed by atoms with E-state index in [1.54, 1.807) is 12.1 Å². The molecule has 1 saturated heterocycles. The second kappa shape index (κ2) is 5.07. The van der Waals surface area contributed by atoms with Gasteiger partial charge in [-0.25, -0.2) is 0 Å². The predicted octanol–water partition coefficient (Wildman–Crippen LogP) is 0.0427. The van der Waals surface area contributed by atoms with E-state index in [2.05, 4.69) is 20.5 Å². The highest BCUT2D eigenvalue weighted by atomic mass is 16.1. The predicted molar refractivity (Wildman–Crippen MR) is 72.8 cm³/mol. The van der Waals surface area contributed by atoms with E-state index in [0.717, 1.165) is 19.5 Å². The summed E-state index contributed by atoms with van der Waals surface area (Å²) in [6.07, 6.45) is 1.10. The van der Waals surface area contributed by atoms with Gasteiger partial charge < -0.3 is 5.32 Å². The van der Waals surface area contributed by atoms with Gasteiger partial charge >= 0.3 is 0 Å². The summed E-state index contributed by atoms with van der Waals surface area (Å²) < 4.78 is 1.43. The van der Waals surface area contributed by atoms with Crippen LogP contribution in [0.3, 0.4) is 0 Å². The van der Waals surface area contributed by atoms with Crippen molar-refractivity contribution in [2.24, 2.45) is 0 Å². The second-order valence-electron chi connectivity index (χ2n) is 4.96. The molecule has 0 spiro atoms. The van der Waals surface area contributed by atoms with Gasteiger partial charge in [-0.1, -0.05) is 17.3 Å². The number of aromatic nitrogens is 3. The van der Waals surface area contributed by atoms with Crippen LogP contribution >= 0.6 is 0 Å². The van der Waals surface area contributed by atoms with Gasteiger partial charge in [0.05, 0.1) is 12.1 Å². The first-order valence-electron chi connectivity index (χ1n) is 6.49. The van der Waals surface area contributed by atoms with Crippen LogP contribution in [0.4, 0.5) is 0 Å². The highest BCUT2D eigenvalue weighted by molar-refractivity contribution is 5.76. The summed E-state index contributed by atoms with van der Waals surface area (Å²) in [5, 5.41) is 12.0. The highest BCUT2D eigenvalue weighted by Gasteiger charge is 2.20. The smallest absolute Gasteiger partial charge is 0.278 e. The summed E-state index contributed by atoms with van der Waals surface area (Å²) in [6, 6.07) is 7.76. The average Bonchev–Trinajstić information content (AvgIpc) is 2.96. The minimum absolute atomic E-state index is 0.0802. The lowest BCUT2D eigenvalue weighted by Crippen LogP contribution is -2.39. The van der Waals surface area contributed by atoms with Crippen LogP contribution in [0.5, 0.6) is 0 Å². The van der Waals surface area contributed by atoms with Crippen molar-refractivity contribution in [3.8, 4) is 0 Å². The Labute approximate surface area is 111 Å². The molecule has 6 nitrogen and oxygen atoms in total. The van der Waals surface area contributed by atoms with Gasteiger partial charge in [0.1, 0.15) is 5.52 Å². The standard InChI is InChI=1S/C13H17N5O/c1-17(10-6-7-14-8-10)9-18-13(19)11-4-2-3-5-12(11)15-16-18/h2-5,10,14H,6-9H2,1H3. The Hall–Kier alpha value is -1.79. The Bertz CT molecular complexity index is 632. The number of likely N-dealkylation sites (N-methyl/N-ethyl adjacent to an activating group) is 1. The van der Waals surface area contributed by atoms with Gasteiger partial charge in [-0.05, 0) is 32.1 Å². The summed E-state index contributed by atoms with van der Waals surface area (Å²) in [5.74, 6) is 0. The molecular formula is C13H17N5O. The monoisotopic (exact) mass is 259 g/mol. The molecule has 1 unspecified atom stereocenters. The molecule has 0 aliphatic carbocycles. The van der Waals surface area contributed by atoms with Crippen LogP contribution in [0, 0.1) is 0 Å². The molecule has 1 aromatic carbocycles. The van der Waals surface area contributed by atoms with Gasteiger partial charge in [0, 0.05) is 12.6 Å². The van der Waals surface area contributed by atoms with Gasteiger partial charge in [-0.3, -0.25) is 9.69 Å². The van der Waals surface area contributed by atoms with Crippen molar-refractivity contribution in [1.82, 2.24) is 25.2 Å². The quantitative estimate of drug-likeness (QED) is 0.843. The Morgan fingerprint density at radius 1 is 1.47 bits per heavy atom. The highest BCUT2D eigenvalue weighted by Crippen LogP contribution is 2.07. The number of fused-ring (bicyclic) bond motifs is 1. The Morgan fingerprint density at radius 3 is 3.11 bits per heavy atom.